The van der Waals surface area contributed by atoms with Crippen molar-refractivity contribution in [2.45, 2.75) is 6.42 Å². The number of nitrogens with one attached hydrogen (secondary N) is 1. The van der Waals surface area contributed by atoms with Gasteiger partial charge in [0.25, 0.3) is 0 Å². The third-order valence-corrected chi connectivity index (χ3v) is 4.45. The normalized spacial score (nSPS) is 13.4. The summed E-state index contributed by atoms with van der Waals surface area (Å²) in [6, 6.07) is 22.1. The zero-order chi connectivity index (χ0) is 20.1. The van der Waals surface area contributed by atoms with Crippen molar-refractivity contribution in [1.29, 1.82) is 21.2 Å². The Balaban J connectivity index is 2.24. The van der Waals surface area contributed by atoms with Gasteiger partial charge in [-0.1, -0.05) is 30.3 Å². The molecule has 0 spiro atoms. The number of nitriles is 3. The minimum absolute atomic E-state index is 0.0734. The van der Waals surface area contributed by atoms with Crippen LogP contribution in [0, 0.1) is 39.4 Å². The van der Waals surface area contributed by atoms with E-state index >= 15 is 0 Å². The quantitative estimate of drug-likeness (QED) is 0.822. The van der Waals surface area contributed by atoms with Gasteiger partial charge in [-0.3, -0.25) is 10.3 Å². The number of methoxy groups -OCH3 is 1. The summed E-state index contributed by atoms with van der Waals surface area (Å²) >= 11 is 0. The maximum absolute atomic E-state index is 9.74. The first-order valence-electron chi connectivity index (χ1n) is 8.39. The van der Waals surface area contributed by atoms with E-state index in [-0.39, 0.29) is 23.4 Å². The van der Waals surface area contributed by atoms with Crippen molar-refractivity contribution < 1.29 is 4.74 Å². The van der Waals surface area contributed by atoms with Gasteiger partial charge in [0.05, 0.1) is 18.4 Å². The summed E-state index contributed by atoms with van der Waals surface area (Å²) < 4.78 is 5.17. The summed E-state index contributed by atoms with van der Waals surface area (Å²) in [6.07, 6.45) is 0.192. The molecule has 0 atom stereocenters. The lowest BCUT2D eigenvalue weighted by Gasteiger charge is -2.33. The smallest absolute Gasteiger partial charge is 0.149 e. The van der Waals surface area contributed by atoms with Crippen LogP contribution in [0.1, 0.15) is 12.0 Å². The van der Waals surface area contributed by atoms with Crippen LogP contribution in [0.4, 0.5) is 5.69 Å². The fourth-order valence-corrected chi connectivity index (χ4v) is 3.10. The molecule has 3 rings (SSSR count). The molecule has 0 aliphatic carbocycles. The van der Waals surface area contributed by atoms with Crippen molar-refractivity contribution in [3.8, 4) is 24.0 Å². The van der Waals surface area contributed by atoms with Crippen LogP contribution in [-0.4, -0.2) is 12.9 Å². The summed E-state index contributed by atoms with van der Waals surface area (Å²) in [5.74, 6) is 0.565. The molecule has 0 saturated carbocycles. The van der Waals surface area contributed by atoms with Gasteiger partial charge in [0.1, 0.15) is 35.4 Å². The molecule has 0 unspecified atom stereocenters. The highest BCUT2D eigenvalue weighted by Crippen LogP contribution is 2.38. The number of hydrogen-bond donors (Lipinski definition) is 1. The standard InChI is InChI=1S/C22H15N5O/c1-28-18-9-7-17(8-10-18)27-21(16(12-23)13-24)11-19(20(14-25)22(27)26)15-5-3-2-4-6-15/h2-10,26H,11H2,1H3. The van der Waals surface area contributed by atoms with E-state index in [2.05, 4.69) is 6.07 Å². The van der Waals surface area contributed by atoms with Gasteiger partial charge in [-0.2, -0.15) is 15.8 Å². The highest BCUT2D eigenvalue weighted by atomic mass is 16.5. The molecule has 1 N–H and O–H groups in total. The number of ether oxygens (including phenoxy) is 1. The molecule has 0 fully saturated rings. The first-order chi connectivity index (χ1) is 13.6. The third kappa shape index (κ3) is 3.21. The van der Waals surface area contributed by atoms with E-state index in [0.29, 0.717) is 22.7 Å². The van der Waals surface area contributed by atoms with Gasteiger partial charge < -0.3 is 4.74 Å². The molecule has 28 heavy (non-hydrogen) atoms. The van der Waals surface area contributed by atoms with Crippen molar-refractivity contribution in [2.75, 3.05) is 12.0 Å². The van der Waals surface area contributed by atoms with Crippen LogP contribution in [0.5, 0.6) is 5.75 Å². The van der Waals surface area contributed by atoms with Gasteiger partial charge in [-0.15, -0.1) is 0 Å². The van der Waals surface area contributed by atoms with E-state index in [1.54, 1.807) is 31.4 Å². The molecule has 1 aliphatic heterocycles. The molecule has 0 amide bonds. The first-order valence-corrected chi connectivity index (χ1v) is 8.39. The van der Waals surface area contributed by atoms with Crippen LogP contribution < -0.4 is 9.64 Å². The summed E-state index contributed by atoms with van der Waals surface area (Å²) in [5.41, 5.74) is 2.47. The van der Waals surface area contributed by atoms with Crippen LogP contribution in [0.15, 0.2) is 71.4 Å². The summed E-state index contributed by atoms with van der Waals surface area (Å²) in [5, 5.41) is 37.3. The monoisotopic (exact) mass is 365 g/mol. The fraction of sp³-hybridized carbons (Fsp3) is 0.0909. The van der Waals surface area contributed by atoms with Crippen LogP contribution in [0.25, 0.3) is 5.57 Å². The van der Waals surface area contributed by atoms with Gasteiger partial charge >= 0.3 is 0 Å². The molecule has 6 nitrogen and oxygen atoms in total. The Kier molecular flexibility index (Phi) is 5.21. The van der Waals surface area contributed by atoms with Crippen molar-refractivity contribution in [1.82, 2.24) is 0 Å². The largest absolute Gasteiger partial charge is 0.497 e. The number of rotatable bonds is 3. The van der Waals surface area contributed by atoms with Crippen LogP contribution in [0.3, 0.4) is 0 Å². The Labute approximate surface area is 162 Å². The Hall–Kier alpha value is -4.34. The van der Waals surface area contributed by atoms with Crippen LogP contribution in [0.2, 0.25) is 0 Å². The average molecular weight is 365 g/mol. The topological polar surface area (TPSA) is 108 Å². The van der Waals surface area contributed by atoms with E-state index < -0.39 is 0 Å². The lowest BCUT2D eigenvalue weighted by molar-refractivity contribution is 0.415. The maximum atomic E-state index is 9.74. The molecule has 0 radical (unpaired) electrons. The van der Waals surface area contributed by atoms with E-state index in [9.17, 15) is 15.8 Å². The number of anilines is 1. The van der Waals surface area contributed by atoms with E-state index in [4.69, 9.17) is 10.1 Å². The minimum Gasteiger partial charge on any atom is -0.497 e. The fourth-order valence-electron chi connectivity index (χ4n) is 3.10. The molecular formula is C22H15N5O. The van der Waals surface area contributed by atoms with Crippen LogP contribution >= 0.6 is 0 Å². The summed E-state index contributed by atoms with van der Waals surface area (Å²) in [4.78, 5) is 1.48. The Morgan fingerprint density at radius 2 is 1.64 bits per heavy atom. The second kappa shape index (κ2) is 7.91. The molecule has 2 aromatic rings. The molecular weight excluding hydrogens is 350 g/mol. The molecule has 0 saturated heterocycles. The number of allylic oxidation sites excluding steroid dienone is 2. The van der Waals surface area contributed by atoms with Crippen LogP contribution in [-0.2, 0) is 0 Å². The predicted molar refractivity (Wildman–Crippen MR) is 105 cm³/mol. The number of hydrogen-bond acceptors (Lipinski definition) is 5. The molecule has 6 heteroatoms. The second-order valence-electron chi connectivity index (χ2n) is 5.94. The molecule has 1 aliphatic rings. The minimum atomic E-state index is -0.0917. The molecule has 0 aromatic heterocycles. The Morgan fingerprint density at radius 1 is 1.00 bits per heavy atom. The van der Waals surface area contributed by atoms with E-state index in [0.717, 1.165) is 5.56 Å². The molecule has 134 valence electrons. The van der Waals surface area contributed by atoms with Gasteiger partial charge in [-0.25, -0.2) is 0 Å². The number of nitrogens with zero attached hydrogens (tertiary/aromatic N) is 4. The molecule has 2 aromatic carbocycles. The average Bonchev–Trinajstić information content (AvgIpc) is 2.75. The zero-order valence-electron chi connectivity index (χ0n) is 15.1. The van der Waals surface area contributed by atoms with E-state index in [1.807, 2.05) is 42.5 Å². The van der Waals surface area contributed by atoms with Gasteiger partial charge in [0.15, 0.2) is 0 Å². The number of amidine groups is 1. The SMILES string of the molecule is COc1ccc(N2C(=N)C(C#N)=C(c3ccccc3)CC2=C(C#N)C#N)cc1. The first kappa shape index (κ1) is 18.5. The maximum Gasteiger partial charge on any atom is 0.149 e. The molecule has 0 bridgehead atoms. The van der Waals surface area contributed by atoms with E-state index in [1.165, 1.54) is 4.90 Å². The summed E-state index contributed by atoms with van der Waals surface area (Å²) in [6.45, 7) is 0. The number of benzene rings is 2. The third-order valence-electron chi connectivity index (χ3n) is 4.45. The van der Waals surface area contributed by atoms with Crippen molar-refractivity contribution in [3.05, 3.63) is 77.0 Å². The zero-order valence-corrected chi connectivity index (χ0v) is 15.1. The Morgan fingerprint density at radius 3 is 2.18 bits per heavy atom. The van der Waals surface area contributed by atoms with Crippen molar-refractivity contribution >= 4 is 17.1 Å². The van der Waals surface area contributed by atoms with Crippen molar-refractivity contribution in [2.24, 2.45) is 0 Å². The van der Waals surface area contributed by atoms with Gasteiger partial charge in [-0.05, 0) is 35.4 Å². The second-order valence-corrected chi connectivity index (χ2v) is 5.94. The van der Waals surface area contributed by atoms with Crippen molar-refractivity contribution in [3.63, 3.8) is 0 Å². The Bertz CT molecular complexity index is 1090. The lowest BCUT2D eigenvalue weighted by Crippen LogP contribution is -2.35. The highest BCUT2D eigenvalue weighted by molar-refractivity contribution is 6.19. The van der Waals surface area contributed by atoms with Gasteiger partial charge in [0, 0.05) is 12.1 Å². The predicted octanol–water partition coefficient (Wildman–Crippen LogP) is 4.16. The summed E-state index contributed by atoms with van der Waals surface area (Å²) in [7, 11) is 1.55. The molecule has 1 heterocycles. The lowest BCUT2D eigenvalue weighted by atomic mass is 9.89. The van der Waals surface area contributed by atoms with Gasteiger partial charge in [0.2, 0.25) is 0 Å². The highest BCUT2D eigenvalue weighted by Gasteiger charge is 2.32.